The number of fused-ring (bicyclic) bond motifs is 2. The van der Waals surface area contributed by atoms with Crippen LogP contribution in [0.3, 0.4) is 0 Å². The van der Waals surface area contributed by atoms with Crippen LogP contribution in [0.15, 0.2) is 97.1 Å². The molecule has 0 aliphatic heterocycles. The van der Waals surface area contributed by atoms with E-state index in [1.54, 1.807) is 0 Å². The molecule has 1 aliphatic rings. The molecule has 1 fully saturated rings. The number of phenolic OH excluding ortho intramolecular Hbond substituents is 1. The summed E-state index contributed by atoms with van der Waals surface area (Å²) in [7, 11) is 0.544. The molecule has 168 valence electrons. The molecule has 1 saturated carbocycles. The van der Waals surface area contributed by atoms with Crippen molar-refractivity contribution in [3.63, 3.8) is 0 Å². The van der Waals surface area contributed by atoms with Crippen molar-refractivity contribution < 1.29 is 5.11 Å². The number of rotatable bonds is 4. The minimum atomic E-state index is 0.349. The summed E-state index contributed by atoms with van der Waals surface area (Å²) in [6.07, 6.45) is 6.66. The second-order valence-electron chi connectivity index (χ2n) is 9.44. The van der Waals surface area contributed by atoms with Gasteiger partial charge in [-0.1, -0.05) is 119 Å². The minimum Gasteiger partial charge on any atom is -0.507 e. The van der Waals surface area contributed by atoms with E-state index in [0.29, 0.717) is 20.2 Å². The molecule has 0 saturated heterocycles. The number of hydrogen-bond acceptors (Lipinski definition) is 1. The predicted molar refractivity (Wildman–Crippen MR) is 148 cm³/mol. The van der Waals surface area contributed by atoms with E-state index in [1.165, 1.54) is 64.6 Å². The predicted octanol–water partition coefficient (Wildman–Crippen LogP) is 8.04. The molecule has 0 radical (unpaired) electrons. The summed E-state index contributed by atoms with van der Waals surface area (Å²) in [5.41, 5.74) is 3.65. The van der Waals surface area contributed by atoms with Crippen molar-refractivity contribution in [2.24, 2.45) is 0 Å². The molecule has 0 aromatic heterocycles. The van der Waals surface area contributed by atoms with E-state index in [-0.39, 0.29) is 0 Å². The highest BCUT2D eigenvalue weighted by atomic mass is 31.1. The van der Waals surface area contributed by atoms with Crippen LogP contribution in [0.5, 0.6) is 5.75 Å². The molecule has 1 atom stereocenters. The first-order valence-electron chi connectivity index (χ1n) is 12.4. The van der Waals surface area contributed by atoms with Gasteiger partial charge in [-0.3, -0.25) is 0 Å². The zero-order valence-corrected chi connectivity index (χ0v) is 20.3. The molecule has 0 bridgehead atoms. The van der Waals surface area contributed by atoms with Gasteiger partial charge in [0.1, 0.15) is 5.75 Å². The molecular formula is C32H29OP. The third-order valence-corrected chi connectivity index (χ3v) is 8.77. The lowest BCUT2D eigenvalue weighted by Crippen LogP contribution is -2.16. The van der Waals surface area contributed by atoms with Crippen LogP contribution in [-0.4, -0.2) is 5.11 Å². The first-order valence-corrected chi connectivity index (χ1v) is 13.4. The van der Waals surface area contributed by atoms with Crippen LogP contribution in [0.25, 0.3) is 32.7 Å². The molecule has 2 heteroatoms. The molecule has 1 nitrogen and oxygen atoms in total. The molecule has 1 N–H and O–H groups in total. The van der Waals surface area contributed by atoms with Gasteiger partial charge in [0.05, 0.1) is 0 Å². The standard InChI is InChI=1S/C32H29OP/c33-28-20-18-23-12-4-6-15-26(23)31(28)32-27-16-7-5-13-24(27)19-21-30(32)34-29-17-9-8-14-25(29)22-10-2-1-3-11-22/h4-9,12-22,33-34H,1-3,10-11H2. The van der Waals surface area contributed by atoms with E-state index in [9.17, 15) is 5.11 Å². The smallest absolute Gasteiger partial charge is 0.124 e. The largest absolute Gasteiger partial charge is 0.507 e. The van der Waals surface area contributed by atoms with Gasteiger partial charge in [0.2, 0.25) is 0 Å². The van der Waals surface area contributed by atoms with Gasteiger partial charge in [0, 0.05) is 11.1 Å². The van der Waals surface area contributed by atoms with E-state index in [4.69, 9.17) is 0 Å². The number of aromatic hydroxyl groups is 1. The van der Waals surface area contributed by atoms with Crippen LogP contribution in [-0.2, 0) is 0 Å². The van der Waals surface area contributed by atoms with Crippen molar-refractivity contribution in [3.8, 4) is 16.9 Å². The van der Waals surface area contributed by atoms with Gasteiger partial charge >= 0.3 is 0 Å². The zero-order valence-electron chi connectivity index (χ0n) is 19.3. The number of benzene rings is 5. The van der Waals surface area contributed by atoms with Crippen molar-refractivity contribution in [2.45, 2.75) is 38.0 Å². The van der Waals surface area contributed by atoms with Gasteiger partial charge in [0.25, 0.3) is 0 Å². The van der Waals surface area contributed by atoms with Crippen LogP contribution in [0.2, 0.25) is 0 Å². The normalized spacial score (nSPS) is 14.9. The number of hydrogen-bond donors (Lipinski definition) is 1. The fourth-order valence-corrected chi connectivity index (χ4v) is 7.15. The molecule has 5 aromatic rings. The van der Waals surface area contributed by atoms with Crippen molar-refractivity contribution in [3.05, 3.63) is 103 Å². The summed E-state index contributed by atoms with van der Waals surface area (Å²) < 4.78 is 0. The molecule has 6 rings (SSSR count). The summed E-state index contributed by atoms with van der Waals surface area (Å²) >= 11 is 0. The molecule has 5 aromatic carbocycles. The summed E-state index contributed by atoms with van der Waals surface area (Å²) in [6, 6.07) is 34.4. The van der Waals surface area contributed by atoms with E-state index < -0.39 is 0 Å². The average Bonchev–Trinajstić information content (AvgIpc) is 2.90. The van der Waals surface area contributed by atoms with Crippen LogP contribution >= 0.6 is 8.58 Å². The second-order valence-corrected chi connectivity index (χ2v) is 10.8. The topological polar surface area (TPSA) is 20.2 Å². The Kier molecular flexibility index (Phi) is 5.81. The third-order valence-electron chi connectivity index (χ3n) is 7.36. The minimum absolute atomic E-state index is 0.349. The van der Waals surface area contributed by atoms with Crippen LogP contribution < -0.4 is 10.6 Å². The highest BCUT2D eigenvalue weighted by Gasteiger charge is 2.21. The van der Waals surface area contributed by atoms with Crippen LogP contribution in [0.1, 0.15) is 43.6 Å². The maximum atomic E-state index is 11.2. The molecule has 34 heavy (non-hydrogen) atoms. The first-order chi connectivity index (χ1) is 16.8. The Hall–Kier alpha value is -3.15. The van der Waals surface area contributed by atoms with Crippen molar-refractivity contribution in [1.82, 2.24) is 0 Å². The Morgan fingerprint density at radius 3 is 1.94 bits per heavy atom. The summed E-state index contributed by atoms with van der Waals surface area (Å²) in [6.45, 7) is 0. The molecular weight excluding hydrogens is 431 g/mol. The van der Waals surface area contributed by atoms with Crippen LogP contribution in [0, 0.1) is 0 Å². The van der Waals surface area contributed by atoms with E-state index in [2.05, 4.69) is 84.9 Å². The van der Waals surface area contributed by atoms with Gasteiger partial charge in [-0.25, -0.2) is 0 Å². The first kappa shape index (κ1) is 21.4. The fraction of sp³-hybridized carbons (Fsp3) is 0.188. The summed E-state index contributed by atoms with van der Waals surface area (Å²) in [4.78, 5) is 0. The maximum Gasteiger partial charge on any atom is 0.124 e. The summed E-state index contributed by atoms with van der Waals surface area (Å²) in [5.74, 6) is 1.02. The molecule has 0 spiro atoms. The Morgan fingerprint density at radius 1 is 0.559 bits per heavy atom. The number of phenols is 1. The lowest BCUT2D eigenvalue weighted by Gasteiger charge is -2.25. The molecule has 0 amide bonds. The third kappa shape index (κ3) is 3.89. The van der Waals surface area contributed by atoms with E-state index in [1.807, 2.05) is 12.1 Å². The van der Waals surface area contributed by atoms with Gasteiger partial charge in [-0.2, -0.15) is 0 Å². The molecule has 1 unspecified atom stereocenters. The maximum absolute atomic E-state index is 11.2. The van der Waals surface area contributed by atoms with Crippen molar-refractivity contribution in [1.29, 1.82) is 0 Å². The fourth-order valence-electron chi connectivity index (χ4n) is 5.69. The lowest BCUT2D eigenvalue weighted by molar-refractivity contribution is 0.445. The van der Waals surface area contributed by atoms with Gasteiger partial charge in [-0.05, 0) is 62.5 Å². The Morgan fingerprint density at radius 2 is 1.18 bits per heavy atom. The van der Waals surface area contributed by atoms with Gasteiger partial charge < -0.3 is 5.11 Å². The Bertz CT molecular complexity index is 1480. The van der Waals surface area contributed by atoms with Crippen LogP contribution in [0.4, 0.5) is 0 Å². The summed E-state index contributed by atoms with van der Waals surface area (Å²) in [5, 5.41) is 18.6. The van der Waals surface area contributed by atoms with E-state index >= 15 is 0 Å². The molecule has 1 aliphatic carbocycles. The Balaban J connectivity index is 1.57. The average molecular weight is 461 g/mol. The SMILES string of the molecule is Oc1ccc2ccccc2c1-c1c(Pc2ccccc2C2CCCCC2)ccc2ccccc12. The highest BCUT2D eigenvalue weighted by molar-refractivity contribution is 7.56. The van der Waals surface area contributed by atoms with Crippen molar-refractivity contribution >= 4 is 40.7 Å². The van der Waals surface area contributed by atoms with Crippen molar-refractivity contribution in [2.75, 3.05) is 0 Å². The van der Waals surface area contributed by atoms with Gasteiger partial charge in [-0.15, -0.1) is 0 Å². The van der Waals surface area contributed by atoms with E-state index in [0.717, 1.165) is 16.3 Å². The Labute approximate surface area is 203 Å². The molecule has 0 heterocycles. The monoisotopic (exact) mass is 460 g/mol. The lowest BCUT2D eigenvalue weighted by atomic mass is 9.84. The highest BCUT2D eigenvalue weighted by Crippen LogP contribution is 2.41. The van der Waals surface area contributed by atoms with Gasteiger partial charge in [0.15, 0.2) is 0 Å². The quantitative estimate of drug-likeness (QED) is 0.269. The zero-order chi connectivity index (χ0) is 22.9. The second kappa shape index (κ2) is 9.24.